The van der Waals surface area contributed by atoms with Crippen molar-refractivity contribution < 1.29 is 14.3 Å². The third-order valence-electron chi connectivity index (χ3n) is 4.81. The second-order valence-corrected chi connectivity index (χ2v) is 6.72. The second-order valence-electron chi connectivity index (χ2n) is 6.32. The zero-order valence-corrected chi connectivity index (χ0v) is 15.9. The van der Waals surface area contributed by atoms with Crippen LogP contribution in [0.3, 0.4) is 0 Å². The van der Waals surface area contributed by atoms with Crippen molar-refractivity contribution in [2.75, 3.05) is 39.5 Å². The Bertz CT molecular complexity index is 531. The molecule has 1 aliphatic heterocycles. The number of benzene rings is 1. The standard InChI is InChI=1S/C19H29ClN2O3/c1-3-15(4-2)17(22-9-11-24-12-10-22)13-21-19(23)14-25-18-8-6-5-7-16(18)20/h5-8,15,17H,3-4,9-14H2,1-2H3,(H,21,23). The number of nitrogens with one attached hydrogen (secondary N) is 1. The van der Waals surface area contributed by atoms with Gasteiger partial charge in [-0.3, -0.25) is 9.69 Å². The predicted octanol–water partition coefficient (Wildman–Crippen LogP) is 2.97. The zero-order valence-electron chi connectivity index (χ0n) is 15.2. The van der Waals surface area contributed by atoms with E-state index in [1.54, 1.807) is 12.1 Å². The molecule has 0 spiro atoms. The molecule has 6 heteroatoms. The fraction of sp³-hybridized carbons (Fsp3) is 0.632. The molecule has 1 saturated heterocycles. The molecule has 0 bridgehead atoms. The highest BCUT2D eigenvalue weighted by atomic mass is 35.5. The molecule has 0 radical (unpaired) electrons. The highest BCUT2D eigenvalue weighted by Crippen LogP contribution is 2.23. The van der Waals surface area contributed by atoms with Gasteiger partial charge in [-0.1, -0.05) is 50.4 Å². The Hall–Kier alpha value is -1.30. The van der Waals surface area contributed by atoms with Crippen molar-refractivity contribution in [2.24, 2.45) is 5.92 Å². The van der Waals surface area contributed by atoms with Crippen LogP contribution in [-0.2, 0) is 9.53 Å². The Morgan fingerprint density at radius 3 is 2.60 bits per heavy atom. The minimum Gasteiger partial charge on any atom is -0.482 e. The normalized spacial score (nSPS) is 16.6. The number of morpholine rings is 1. The van der Waals surface area contributed by atoms with Crippen molar-refractivity contribution in [3.05, 3.63) is 29.3 Å². The fourth-order valence-electron chi connectivity index (χ4n) is 3.31. The maximum Gasteiger partial charge on any atom is 0.257 e. The van der Waals surface area contributed by atoms with Gasteiger partial charge in [0, 0.05) is 25.7 Å². The first kappa shape index (κ1) is 20.0. The van der Waals surface area contributed by atoms with Crippen LogP contribution in [0.15, 0.2) is 24.3 Å². The Labute approximate surface area is 155 Å². The summed E-state index contributed by atoms with van der Waals surface area (Å²) in [5.74, 6) is 0.969. The predicted molar refractivity (Wildman–Crippen MR) is 100 cm³/mol. The second kappa shape index (κ2) is 10.6. The molecule has 1 amide bonds. The average molecular weight is 369 g/mol. The molecule has 1 N–H and O–H groups in total. The number of halogens is 1. The van der Waals surface area contributed by atoms with Gasteiger partial charge in [-0.15, -0.1) is 0 Å². The molecule has 1 aliphatic rings. The van der Waals surface area contributed by atoms with E-state index in [2.05, 4.69) is 24.1 Å². The summed E-state index contributed by atoms with van der Waals surface area (Å²) in [6.07, 6.45) is 2.20. The Morgan fingerprint density at radius 2 is 1.96 bits per heavy atom. The molecule has 5 nitrogen and oxygen atoms in total. The lowest BCUT2D eigenvalue weighted by molar-refractivity contribution is -0.123. The van der Waals surface area contributed by atoms with Gasteiger partial charge in [0.25, 0.3) is 5.91 Å². The smallest absolute Gasteiger partial charge is 0.257 e. The number of ether oxygens (including phenoxy) is 2. The summed E-state index contributed by atoms with van der Waals surface area (Å²) in [4.78, 5) is 14.6. The van der Waals surface area contributed by atoms with Crippen LogP contribution in [0.2, 0.25) is 5.02 Å². The maximum absolute atomic E-state index is 12.2. The fourth-order valence-corrected chi connectivity index (χ4v) is 3.50. The van der Waals surface area contributed by atoms with Crippen LogP contribution in [0.25, 0.3) is 0 Å². The molecule has 1 aromatic rings. The van der Waals surface area contributed by atoms with E-state index in [0.29, 0.717) is 29.3 Å². The van der Waals surface area contributed by atoms with Gasteiger partial charge in [0.2, 0.25) is 0 Å². The van der Waals surface area contributed by atoms with E-state index >= 15 is 0 Å². The first-order chi connectivity index (χ1) is 12.2. The number of carbonyl (C=O) groups excluding carboxylic acids is 1. The van der Waals surface area contributed by atoms with Crippen LogP contribution in [-0.4, -0.2) is 56.3 Å². The van der Waals surface area contributed by atoms with E-state index in [0.717, 1.165) is 39.1 Å². The number of amides is 1. The van der Waals surface area contributed by atoms with Crippen LogP contribution < -0.4 is 10.1 Å². The molecule has 1 heterocycles. The highest BCUT2D eigenvalue weighted by Gasteiger charge is 2.27. The number of rotatable bonds is 9. The van der Waals surface area contributed by atoms with Gasteiger partial charge in [-0.05, 0) is 18.1 Å². The molecule has 1 aromatic carbocycles. The monoisotopic (exact) mass is 368 g/mol. The van der Waals surface area contributed by atoms with Crippen LogP contribution in [0.5, 0.6) is 5.75 Å². The van der Waals surface area contributed by atoms with Gasteiger partial charge in [-0.25, -0.2) is 0 Å². The number of hydrogen-bond donors (Lipinski definition) is 1. The molecule has 0 saturated carbocycles. The van der Waals surface area contributed by atoms with Gasteiger partial charge in [0.05, 0.1) is 18.2 Å². The molecule has 2 rings (SSSR count). The molecule has 1 unspecified atom stereocenters. The lowest BCUT2D eigenvalue weighted by Crippen LogP contribution is -2.52. The number of hydrogen-bond acceptors (Lipinski definition) is 4. The van der Waals surface area contributed by atoms with Crippen molar-refractivity contribution in [1.29, 1.82) is 0 Å². The summed E-state index contributed by atoms with van der Waals surface area (Å²) in [5.41, 5.74) is 0. The molecule has 0 aliphatic carbocycles. The summed E-state index contributed by atoms with van der Waals surface area (Å²) < 4.78 is 11.0. The van der Waals surface area contributed by atoms with E-state index < -0.39 is 0 Å². The van der Waals surface area contributed by atoms with Crippen molar-refractivity contribution in [3.8, 4) is 5.75 Å². The average Bonchev–Trinajstić information content (AvgIpc) is 2.65. The van der Waals surface area contributed by atoms with Crippen LogP contribution in [0, 0.1) is 5.92 Å². The molecule has 1 atom stereocenters. The maximum atomic E-state index is 12.2. The molecule has 1 fully saturated rings. The largest absolute Gasteiger partial charge is 0.482 e. The molecule has 25 heavy (non-hydrogen) atoms. The van der Waals surface area contributed by atoms with Crippen molar-refractivity contribution in [2.45, 2.75) is 32.7 Å². The lowest BCUT2D eigenvalue weighted by atomic mass is 9.92. The SMILES string of the molecule is CCC(CC)C(CNC(=O)COc1ccccc1Cl)N1CCOCC1. The quantitative estimate of drug-likeness (QED) is 0.728. The topological polar surface area (TPSA) is 50.8 Å². The van der Waals surface area contributed by atoms with E-state index in [-0.39, 0.29) is 12.5 Å². The molecule has 140 valence electrons. The third kappa shape index (κ3) is 6.17. The highest BCUT2D eigenvalue weighted by molar-refractivity contribution is 6.32. The molecular formula is C19H29ClN2O3. The molecular weight excluding hydrogens is 340 g/mol. The van der Waals surface area contributed by atoms with E-state index in [1.807, 2.05) is 12.1 Å². The van der Waals surface area contributed by atoms with Crippen molar-refractivity contribution >= 4 is 17.5 Å². The van der Waals surface area contributed by atoms with Gasteiger partial charge < -0.3 is 14.8 Å². The van der Waals surface area contributed by atoms with Gasteiger partial charge in [0.15, 0.2) is 6.61 Å². The summed E-state index contributed by atoms with van der Waals surface area (Å²) in [7, 11) is 0. The first-order valence-electron chi connectivity index (χ1n) is 9.11. The third-order valence-corrected chi connectivity index (χ3v) is 5.12. The summed E-state index contributed by atoms with van der Waals surface area (Å²) >= 11 is 6.04. The van der Waals surface area contributed by atoms with Crippen LogP contribution in [0.1, 0.15) is 26.7 Å². The lowest BCUT2D eigenvalue weighted by Gasteiger charge is -2.38. The van der Waals surface area contributed by atoms with Gasteiger partial charge in [-0.2, -0.15) is 0 Å². The van der Waals surface area contributed by atoms with E-state index in [4.69, 9.17) is 21.1 Å². The number of para-hydroxylation sites is 1. The summed E-state index contributed by atoms with van der Waals surface area (Å²) in [5, 5.41) is 3.54. The Morgan fingerprint density at radius 1 is 1.28 bits per heavy atom. The number of nitrogens with zero attached hydrogens (tertiary/aromatic N) is 1. The van der Waals surface area contributed by atoms with Crippen LogP contribution in [0.4, 0.5) is 0 Å². The summed E-state index contributed by atoms with van der Waals surface area (Å²) in [6, 6.07) is 7.51. The Balaban J connectivity index is 1.85. The first-order valence-corrected chi connectivity index (χ1v) is 9.49. The van der Waals surface area contributed by atoms with Gasteiger partial charge >= 0.3 is 0 Å². The minimum absolute atomic E-state index is 0.0253. The van der Waals surface area contributed by atoms with Gasteiger partial charge in [0.1, 0.15) is 5.75 Å². The summed E-state index contributed by atoms with van der Waals surface area (Å²) in [6.45, 7) is 8.41. The van der Waals surface area contributed by atoms with Crippen molar-refractivity contribution in [1.82, 2.24) is 10.2 Å². The minimum atomic E-state index is -0.121. The van der Waals surface area contributed by atoms with Crippen molar-refractivity contribution in [3.63, 3.8) is 0 Å². The van der Waals surface area contributed by atoms with Crippen LogP contribution >= 0.6 is 11.6 Å². The van der Waals surface area contributed by atoms with E-state index in [9.17, 15) is 4.79 Å². The Kier molecular flexibility index (Phi) is 8.52. The number of carbonyl (C=O) groups is 1. The van der Waals surface area contributed by atoms with E-state index in [1.165, 1.54) is 0 Å². The zero-order chi connectivity index (χ0) is 18.1. The molecule has 0 aromatic heterocycles.